The molecule has 0 bridgehead atoms. The Morgan fingerprint density at radius 2 is 1.89 bits per heavy atom. The first-order valence-corrected chi connectivity index (χ1v) is 9.89. The lowest BCUT2D eigenvalue weighted by Crippen LogP contribution is -1.97. The van der Waals surface area contributed by atoms with E-state index in [4.69, 9.17) is 0 Å². The Hall–Kier alpha value is -2.66. The van der Waals surface area contributed by atoms with E-state index in [9.17, 15) is 4.39 Å². The third-order valence-electron chi connectivity index (χ3n) is 4.61. The Labute approximate surface area is 162 Å². The molecule has 0 saturated heterocycles. The van der Waals surface area contributed by atoms with E-state index in [2.05, 4.69) is 35.9 Å². The SMILES string of the molecule is CCC(C)Sc1ncnc2c1c(-c1ccccc1)cn2-c1cccc(F)c1. The zero-order valence-corrected chi connectivity index (χ0v) is 16.1. The molecule has 0 amide bonds. The van der Waals surface area contributed by atoms with Crippen LogP contribution < -0.4 is 0 Å². The van der Waals surface area contributed by atoms with Crippen molar-refractivity contribution in [2.24, 2.45) is 0 Å². The summed E-state index contributed by atoms with van der Waals surface area (Å²) in [6, 6.07) is 16.8. The quantitative estimate of drug-likeness (QED) is 0.310. The van der Waals surface area contributed by atoms with Crippen molar-refractivity contribution in [1.29, 1.82) is 0 Å². The molecule has 0 aliphatic carbocycles. The van der Waals surface area contributed by atoms with E-state index < -0.39 is 0 Å². The van der Waals surface area contributed by atoms with Crippen LogP contribution in [0.25, 0.3) is 27.8 Å². The molecule has 0 radical (unpaired) electrons. The van der Waals surface area contributed by atoms with E-state index in [1.807, 2.05) is 35.0 Å². The molecule has 1 unspecified atom stereocenters. The van der Waals surface area contributed by atoms with Crippen LogP contribution in [0.1, 0.15) is 20.3 Å². The summed E-state index contributed by atoms with van der Waals surface area (Å²) in [4.78, 5) is 9.11. The number of benzene rings is 2. The number of rotatable bonds is 5. The lowest BCUT2D eigenvalue weighted by molar-refractivity contribution is 0.627. The van der Waals surface area contributed by atoms with Gasteiger partial charge >= 0.3 is 0 Å². The highest BCUT2D eigenvalue weighted by Crippen LogP contribution is 2.38. The molecular weight excluding hydrogens is 357 g/mol. The van der Waals surface area contributed by atoms with Crippen molar-refractivity contribution in [1.82, 2.24) is 14.5 Å². The van der Waals surface area contributed by atoms with Crippen LogP contribution >= 0.6 is 11.8 Å². The fourth-order valence-corrected chi connectivity index (χ4v) is 4.03. The first-order valence-electron chi connectivity index (χ1n) is 9.01. The van der Waals surface area contributed by atoms with E-state index in [0.29, 0.717) is 5.25 Å². The summed E-state index contributed by atoms with van der Waals surface area (Å²) >= 11 is 1.76. The molecule has 0 fully saturated rings. The molecule has 0 aliphatic heterocycles. The van der Waals surface area contributed by atoms with Crippen LogP contribution in [0.4, 0.5) is 4.39 Å². The molecule has 3 nitrogen and oxygen atoms in total. The summed E-state index contributed by atoms with van der Waals surface area (Å²) in [6.45, 7) is 4.37. The summed E-state index contributed by atoms with van der Waals surface area (Å²) in [5.41, 5.74) is 3.69. The van der Waals surface area contributed by atoms with Gasteiger partial charge in [-0.1, -0.05) is 50.2 Å². The molecule has 2 aromatic heterocycles. The number of hydrogen-bond donors (Lipinski definition) is 0. The van der Waals surface area contributed by atoms with Crippen molar-refractivity contribution in [2.45, 2.75) is 30.5 Å². The van der Waals surface area contributed by atoms with Gasteiger partial charge < -0.3 is 4.57 Å². The lowest BCUT2D eigenvalue weighted by atomic mass is 10.1. The van der Waals surface area contributed by atoms with Gasteiger partial charge in [0.1, 0.15) is 22.8 Å². The Morgan fingerprint density at radius 3 is 2.63 bits per heavy atom. The number of nitrogens with zero attached hydrogens (tertiary/aromatic N) is 3. The highest BCUT2D eigenvalue weighted by atomic mass is 32.2. The van der Waals surface area contributed by atoms with Crippen LogP contribution in [0, 0.1) is 5.82 Å². The Kier molecular flexibility index (Phi) is 4.94. The molecular formula is C22H20FN3S. The van der Waals surface area contributed by atoms with Crippen molar-refractivity contribution >= 4 is 22.8 Å². The second-order valence-corrected chi connectivity index (χ2v) is 7.90. The van der Waals surface area contributed by atoms with Crippen LogP contribution in [0.3, 0.4) is 0 Å². The molecule has 0 N–H and O–H groups in total. The topological polar surface area (TPSA) is 30.7 Å². The smallest absolute Gasteiger partial charge is 0.149 e. The number of thioether (sulfide) groups is 1. The Balaban J connectivity index is 2.00. The van der Waals surface area contributed by atoms with Gasteiger partial charge in [0.25, 0.3) is 0 Å². The van der Waals surface area contributed by atoms with E-state index in [-0.39, 0.29) is 5.82 Å². The second-order valence-electron chi connectivity index (χ2n) is 6.47. The maximum Gasteiger partial charge on any atom is 0.149 e. The van der Waals surface area contributed by atoms with E-state index in [1.165, 1.54) is 12.1 Å². The normalized spacial score (nSPS) is 12.4. The van der Waals surface area contributed by atoms with Gasteiger partial charge in [-0.2, -0.15) is 0 Å². The maximum atomic E-state index is 13.8. The van der Waals surface area contributed by atoms with Crippen molar-refractivity contribution in [2.75, 3.05) is 0 Å². The number of halogens is 1. The molecule has 4 aromatic rings. The predicted molar refractivity (Wildman–Crippen MR) is 110 cm³/mol. The summed E-state index contributed by atoms with van der Waals surface area (Å²) in [5, 5.41) is 2.42. The van der Waals surface area contributed by atoms with Gasteiger partial charge in [-0.25, -0.2) is 14.4 Å². The van der Waals surface area contributed by atoms with Crippen molar-refractivity contribution in [3.8, 4) is 16.8 Å². The third kappa shape index (κ3) is 3.47. The van der Waals surface area contributed by atoms with Crippen LogP contribution in [0.2, 0.25) is 0 Å². The first-order chi connectivity index (χ1) is 13.2. The summed E-state index contributed by atoms with van der Waals surface area (Å²) < 4.78 is 15.8. The molecule has 2 heterocycles. The lowest BCUT2D eigenvalue weighted by Gasteiger charge is -2.10. The second kappa shape index (κ2) is 7.53. The standard InChI is InChI=1S/C22H20FN3S/c1-3-15(2)27-22-20-19(16-8-5-4-6-9-16)13-26(21(20)24-14-25-22)18-11-7-10-17(23)12-18/h4-15H,3H2,1-2H3. The molecule has 5 heteroatoms. The van der Waals surface area contributed by atoms with Gasteiger partial charge in [0, 0.05) is 22.7 Å². The summed E-state index contributed by atoms with van der Waals surface area (Å²) in [5.74, 6) is -0.265. The maximum absolute atomic E-state index is 13.8. The zero-order valence-electron chi connectivity index (χ0n) is 15.3. The molecule has 0 saturated carbocycles. The minimum absolute atomic E-state index is 0.265. The summed E-state index contributed by atoms with van der Waals surface area (Å²) in [6.07, 6.45) is 4.68. The predicted octanol–water partition coefficient (Wildman–Crippen LogP) is 6.12. The van der Waals surface area contributed by atoms with Crippen LogP contribution in [-0.4, -0.2) is 19.8 Å². The monoisotopic (exact) mass is 377 g/mol. The molecule has 27 heavy (non-hydrogen) atoms. The fourth-order valence-electron chi connectivity index (χ4n) is 3.06. The Bertz CT molecular complexity index is 1080. The molecule has 1 atom stereocenters. The first kappa shape index (κ1) is 17.7. The summed E-state index contributed by atoms with van der Waals surface area (Å²) in [7, 11) is 0. The van der Waals surface area contributed by atoms with Gasteiger partial charge in [0.15, 0.2) is 0 Å². The molecule has 0 spiro atoms. The van der Waals surface area contributed by atoms with Gasteiger partial charge in [-0.05, 0) is 30.2 Å². The van der Waals surface area contributed by atoms with Crippen molar-refractivity contribution in [3.05, 3.63) is 72.9 Å². The average Bonchev–Trinajstić information content (AvgIpc) is 3.09. The molecule has 0 aliphatic rings. The fraction of sp³-hybridized carbons (Fsp3) is 0.182. The van der Waals surface area contributed by atoms with Gasteiger partial charge in [-0.3, -0.25) is 0 Å². The van der Waals surface area contributed by atoms with Crippen LogP contribution in [0.15, 0.2) is 72.1 Å². The Morgan fingerprint density at radius 1 is 1.07 bits per heavy atom. The third-order valence-corrected chi connectivity index (χ3v) is 5.88. The number of fused-ring (bicyclic) bond motifs is 1. The van der Waals surface area contributed by atoms with E-state index >= 15 is 0 Å². The van der Waals surface area contributed by atoms with Crippen molar-refractivity contribution in [3.63, 3.8) is 0 Å². The largest absolute Gasteiger partial charge is 0.300 e. The van der Waals surface area contributed by atoms with E-state index in [0.717, 1.165) is 39.3 Å². The minimum Gasteiger partial charge on any atom is -0.300 e. The van der Waals surface area contributed by atoms with Crippen molar-refractivity contribution < 1.29 is 4.39 Å². The molecule has 136 valence electrons. The number of aromatic nitrogens is 3. The van der Waals surface area contributed by atoms with Gasteiger partial charge in [0.2, 0.25) is 0 Å². The minimum atomic E-state index is -0.265. The number of hydrogen-bond acceptors (Lipinski definition) is 3. The molecule has 2 aromatic carbocycles. The van der Waals surface area contributed by atoms with E-state index in [1.54, 1.807) is 24.2 Å². The highest BCUT2D eigenvalue weighted by Gasteiger charge is 2.18. The van der Waals surface area contributed by atoms with Gasteiger partial charge in [0.05, 0.1) is 5.39 Å². The zero-order chi connectivity index (χ0) is 18.8. The van der Waals surface area contributed by atoms with Gasteiger partial charge in [-0.15, -0.1) is 11.8 Å². The van der Waals surface area contributed by atoms with Crippen LogP contribution in [-0.2, 0) is 0 Å². The average molecular weight is 377 g/mol. The molecule has 4 rings (SSSR count). The van der Waals surface area contributed by atoms with Crippen LogP contribution in [0.5, 0.6) is 0 Å². The highest BCUT2D eigenvalue weighted by molar-refractivity contribution is 8.00.